The molecule has 0 amide bonds. The van der Waals surface area contributed by atoms with Crippen molar-refractivity contribution < 1.29 is 4.42 Å². The average Bonchev–Trinajstić information content (AvgIpc) is 3.90. The van der Waals surface area contributed by atoms with Crippen molar-refractivity contribution in [3.8, 4) is 33.4 Å². The molecule has 3 heteroatoms. The standard InChI is InChI=1S/C56H35NOS/c1-3-14-36(15-4-1)37-28-30-40(31-29-37)42-34-35-50(54-46-20-9-10-26-51(46)58-55(42)54)57(48-24-12-22-44-41-19-8-7-18-39(41)32-33-45(44)48)49-25-13-27-52-53(49)47-23-11-21-43(56(47)59-52)38-16-5-2-6-17-38/h1-35H. The summed E-state index contributed by atoms with van der Waals surface area (Å²) in [5.41, 5.74) is 12.1. The Morgan fingerprint density at radius 3 is 1.80 bits per heavy atom. The lowest BCUT2D eigenvalue weighted by atomic mass is 9.96. The zero-order valence-corrected chi connectivity index (χ0v) is 32.8. The highest BCUT2D eigenvalue weighted by Crippen LogP contribution is 2.52. The number of thiophene rings is 1. The Morgan fingerprint density at radius 2 is 0.949 bits per heavy atom. The molecule has 0 atom stereocenters. The van der Waals surface area contributed by atoms with Crippen molar-refractivity contribution in [2.24, 2.45) is 0 Å². The molecular weight excluding hydrogens is 735 g/mol. The predicted molar refractivity (Wildman–Crippen MR) is 253 cm³/mol. The Hall–Kier alpha value is -7.46. The van der Waals surface area contributed by atoms with Crippen LogP contribution in [-0.4, -0.2) is 0 Å². The van der Waals surface area contributed by atoms with Gasteiger partial charge in [-0.15, -0.1) is 11.3 Å². The average molecular weight is 770 g/mol. The molecule has 0 radical (unpaired) electrons. The van der Waals surface area contributed by atoms with E-state index in [1.54, 1.807) is 0 Å². The van der Waals surface area contributed by atoms with Gasteiger partial charge in [0.1, 0.15) is 11.2 Å². The number of hydrogen-bond donors (Lipinski definition) is 0. The highest BCUT2D eigenvalue weighted by atomic mass is 32.1. The summed E-state index contributed by atoms with van der Waals surface area (Å²) in [6.45, 7) is 0. The zero-order valence-electron chi connectivity index (χ0n) is 32.0. The van der Waals surface area contributed by atoms with Crippen molar-refractivity contribution in [2.75, 3.05) is 4.90 Å². The molecule has 59 heavy (non-hydrogen) atoms. The summed E-state index contributed by atoms with van der Waals surface area (Å²) < 4.78 is 9.48. The van der Waals surface area contributed by atoms with E-state index in [0.717, 1.165) is 50.1 Å². The summed E-state index contributed by atoms with van der Waals surface area (Å²) in [7, 11) is 0. The number of rotatable bonds is 6. The molecule has 276 valence electrons. The van der Waals surface area contributed by atoms with Crippen molar-refractivity contribution >= 4 is 92.1 Å². The van der Waals surface area contributed by atoms with Gasteiger partial charge < -0.3 is 9.32 Å². The molecule has 0 saturated carbocycles. The second kappa shape index (κ2) is 13.6. The van der Waals surface area contributed by atoms with Crippen molar-refractivity contribution in [3.05, 3.63) is 212 Å². The lowest BCUT2D eigenvalue weighted by molar-refractivity contribution is 0.670. The second-order valence-corrected chi connectivity index (χ2v) is 16.2. The molecule has 10 aromatic carbocycles. The van der Waals surface area contributed by atoms with Crippen molar-refractivity contribution in [2.45, 2.75) is 0 Å². The summed E-state index contributed by atoms with van der Waals surface area (Å²) in [5, 5.41) is 9.55. The second-order valence-electron chi connectivity index (χ2n) is 15.2. The van der Waals surface area contributed by atoms with Crippen LogP contribution in [-0.2, 0) is 0 Å². The fraction of sp³-hybridized carbons (Fsp3) is 0. The summed E-state index contributed by atoms with van der Waals surface area (Å²) in [6, 6.07) is 76.8. The van der Waals surface area contributed by atoms with Crippen molar-refractivity contribution in [1.82, 2.24) is 0 Å². The third kappa shape index (κ3) is 5.40. The Balaban J connectivity index is 1.16. The topological polar surface area (TPSA) is 16.4 Å². The summed E-state index contributed by atoms with van der Waals surface area (Å²) in [4.78, 5) is 2.51. The summed E-state index contributed by atoms with van der Waals surface area (Å²) in [6.07, 6.45) is 0. The smallest absolute Gasteiger partial charge is 0.145 e. The Labute approximate surface area is 345 Å². The SMILES string of the molecule is c1ccc(-c2ccc(-c3ccc(N(c4cccc5c4ccc4ccccc45)c4cccc5sc6c(-c7ccccc7)cccc6c45)c4c3oc3ccccc34)cc2)cc1. The van der Waals surface area contributed by atoms with E-state index in [9.17, 15) is 0 Å². The van der Waals surface area contributed by atoms with Gasteiger partial charge in [0, 0.05) is 36.5 Å². The number of anilines is 3. The molecule has 0 aliphatic heterocycles. The Kier molecular flexibility index (Phi) is 7.75. The maximum Gasteiger partial charge on any atom is 0.145 e. The minimum atomic E-state index is 0.868. The first kappa shape index (κ1) is 33.7. The van der Waals surface area contributed by atoms with Gasteiger partial charge >= 0.3 is 0 Å². The fourth-order valence-corrected chi connectivity index (χ4v) is 10.4. The normalized spacial score (nSPS) is 11.7. The van der Waals surface area contributed by atoms with Crippen LogP contribution in [0.2, 0.25) is 0 Å². The van der Waals surface area contributed by atoms with Crippen molar-refractivity contribution in [1.29, 1.82) is 0 Å². The first-order valence-electron chi connectivity index (χ1n) is 20.1. The number of para-hydroxylation sites is 1. The van der Waals surface area contributed by atoms with E-state index in [1.807, 2.05) is 11.3 Å². The van der Waals surface area contributed by atoms with Gasteiger partial charge in [0.15, 0.2) is 0 Å². The third-order valence-electron chi connectivity index (χ3n) is 11.9. The molecular formula is C56H35NOS. The minimum absolute atomic E-state index is 0.868. The maximum atomic E-state index is 6.94. The molecule has 12 aromatic rings. The van der Waals surface area contributed by atoms with E-state index in [4.69, 9.17) is 4.42 Å². The van der Waals surface area contributed by atoms with Crippen LogP contribution in [0.4, 0.5) is 17.1 Å². The van der Waals surface area contributed by atoms with Crippen molar-refractivity contribution in [3.63, 3.8) is 0 Å². The van der Waals surface area contributed by atoms with E-state index in [2.05, 4.69) is 217 Å². The van der Waals surface area contributed by atoms with Crippen LogP contribution >= 0.6 is 11.3 Å². The molecule has 0 unspecified atom stereocenters. The van der Waals surface area contributed by atoms with E-state index < -0.39 is 0 Å². The number of fused-ring (bicyclic) bond motifs is 9. The molecule has 0 spiro atoms. The van der Waals surface area contributed by atoms with Gasteiger partial charge in [0.25, 0.3) is 0 Å². The van der Waals surface area contributed by atoms with Gasteiger partial charge in [-0.25, -0.2) is 0 Å². The molecule has 0 fully saturated rings. The zero-order chi connectivity index (χ0) is 38.9. The van der Waals surface area contributed by atoms with E-state index in [0.29, 0.717) is 0 Å². The van der Waals surface area contributed by atoms with Crippen LogP contribution in [0.15, 0.2) is 217 Å². The molecule has 2 heterocycles. The molecule has 0 aliphatic rings. The predicted octanol–water partition coefficient (Wildman–Crippen LogP) is 16.7. The van der Waals surface area contributed by atoms with Gasteiger partial charge in [-0.05, 0) is 80.4 Å². The van der Waals surface area contributed by atoms with Gasteiger partial charge in [-0.2, -0.15) is 0 Å². The lowest BCUT2D eigenvalue weighted by Crippen LogP contribution is -2.11. The van der Waals surface area contributed by atoms with Gasteiger partial charge in [0.2, 0.25) is 0 Å². The summed E-state index contributed by atoms with van der Waals surface area (Å²) >= 11 is 1.87. The van der Waals surface area contributed by atoms with Gasteiger partial charge in [0.05, 0.1) is 22.4 Å². The maximum absolute atomic E-state index is 6.94. The molecule has 0 saturated heterocycles. The van der Waals surface area contributed by atoms with E-state index in [-0.39, 0.29) is 0 Å². The Morgan fingerprint density at radius 1 is 0.339 bits per heavy atom. The Bertz CT molecular complexity index is 3550. The van der Waals surface area contributed by atoms with Gasteiger partial charge in [-0.1, -0.05) is 176 Å². The summed E-state index contributed by atoms with van der Waals surface area (Å²) in [5.74, 6) is 0. The lowest BCUT2D eigenvalue weighted by Gasteiger charge is -2.29. The first-order chi connectivity index (χ1) is 29.3. The van der Waals surface area contributed by atoms with Gasteiger partial charge in [-0.3, -0.25) is 0 Å². The molecule has 12 rings (SSSR count). The van der Waals surface area contributed by atoms with E-state index >= 15 is 0 Å². The molecule has 0 aliphatic carbocycles. The first-order valence-corrected chi connectivity index (χ1v) is 20.9. The minimum Gasteiger partial charge on any atom is -0.455 e. The highest BCUT2D eigenvalue weighted by Gasteiger charge is 2.26. The van der Waals surface area contributed by atoms with Crippen LogP contribution in [0.25, 0.3) is 97.0 Å². The third-order valence-corrected chi connectivity index (χ3v) is 13.1. The van der Waals surface area contributed by atoms with Crippen LogP contribution < -0.4 is 4.90 Å². The molecule has 0 bridgehead atoms. The number of nitrogens with zero attached hydrogens (tertiary/aromatic N) is 1. The van der Waals surface area contributed by atoms with Crippen LogP contribution in [0, 0.1) is 0 Å². The monoisotopic (exact) mass is 769 g/mol. The van der Waals surface area contributed by atoms with Crippen LogP contribution in [0.1, 0.15) is 0 Å². The van der Waals surface area contributed by atoms with Crippen LogP contribution in [0.3, 0.4) is 0 Å². The fourth-order valence-electron chi connectivity index (χ4n) is 9.17. The number of benzene rings is 10. The number of hydrogen-bond acceptors (Lipinski definition) is 3. The largest absolute Gasteiger partial charge is 0.455 e. The highest BCUT2D eigenvalue weighted by molar-refractivity contribution is 7.26. The van der Waals surface area contributed by atoms with Crippen LogP contribution in [0.5, 0.6) is 0 Å². The molecule has 2 nitrogen and oxygen atoms in total. The quantitative estimate of drug-likeness (QED) is 0.157. The number of furan rings is 1. The molecule has 0 N–H and O–H groups in total. The molecule has 2 aromatic heterocycles. The van der Waals surface area contributed by atoms with E-state index in [1.165, 1.54) is 64.0 Å².